The van der Waals surface area contributed by atoms with Gasteiger partial charge in [-0.05, 0) is 74.7 Å². The fourth-order valence-electron chi connectivity index (χ4n) is 4.60. The van der Waals surface area contributed by atoms with E-state index in [9.17, 15) is 9.59 Å². The number of carbonyl (C=O) groups is 2. The summed E-state index contributed by atoms with van der Waals surface area (Å²) < 4.78 is 11.8. The summed E-state index contributed by atoms with van der Waals surface area (Å²) in [4.78, 5) is 26.3. The van der Waals surface area contributed by atoms with Crippen LogP contribution in [-0.2, 0) is 19.1 Å². The minimum absolute atomic E-state index is 0.138. The third-order valence-electron chi connectivity index (χ3n) is 5.80. The Kier molecular flexibility index (Phi) is 12.3. The van der Waals surface area contributed by atoms with E-state index in [1.54, 1.807) is 19.3 Å². The lowest BCUT2D eigenvalue weighted by Crippen LogP contribution is -2.56. The van der Waals surface area contributed by atoms with Gasteiger partial charge in [0.05, 0.1) is 17.3 Å². The molecule has 0 saturated heterocycles. The summed E-state index contributed by atoms with van der Waals surface area (Å²) in [5, 5.41) is 6.02. The van der Waals surface area contributed by atoms with Gasteiger partial charge in [-0.15, -0.1) is 0 Å². The normalized spacial score (nSPS) is 15.4. The molecule has 0 aliphatic rings. The van der Waals surface area contributed by atoms with Gasteiger partial charge < -0.3 is 20.1 Å². The van der Waals surface area contributed by atoms with Gasteiger partial charge in [-0.3, -0.25) is 9.59 Å². The Bertz CT molecular complexity index is 651. The Balaban J connectivity index is 5.27. The van der Waals surface area contributed by atoms with E-state index in [-0.39, 0.29) is 23.5 Å². The van der Waals surface area contributed by atoms with Crippen molar-refractivity contribution >= 4 is 11.8 Å². The summed E-state index contributed by atoms with van der Waals surface area (Å²) in [6, 6.07) is -0.751. The lowest BCUT2D eigenvalue weighted by Gasteiger charge is -2.37. The maximum absolute atomic E-state index is 13.2. The van der Waals surface area contributed by atoms with Gasteiger partial charge in [0.2, 0.25) is 11.8 Å². The second-order valence-corrected chi connectivity index (χ2v) is 11.9. The van der Waals surface area contributed by atoms with Crippen LogP contribution < -0.4 is 10.6 Å². The second kappa shape index (κ2) is 12.9. The van der Waals surface area contributed by atoms with E-state index in [2.05, 4.69) is 24.5 Å². The SMILES string of the molecule is CC=CC(NC(=O)C(C)(C)CC(C)(C)OC(C)CCCC)C(=O)NC(C)(C)CC(C)(C)OC. The molecule has 0 aliphatic heterocycles. The van der Waals surface area contributed by atoms with Crippen molar-refractivity contribution in [3.63, 3.8) is 0 Å². The monoisotopic (exact) mass is 468 g/mol. The minimum atomic E-state index is -0.751. The van der Waals surface area contributed by atoms with Crippen molar-refractivity contribution in [2.45, 2.75) is 137 Å². The van der Waals surface area contributed by atoms with E-state index in [1.165, 1.54) is 0 Å². The number of hydrogen-bond donors (Lipinski definition) is 2. The van der Waals surface area contributed by atoms with Crippen molar-refractivity contribution in [2.75, 3.05) is 7.11 Å². The molecule has 0 aromatic heterocycles. The zero-order valence-corrected chi connectivity index (χ0v) is 23.5. The van der Waals surface area contributed by atoms with Crippen LogP contribution in [0.25, 0.3) is 0 Å². The van der Waals surface area contributed by atoms with E-state index < -0.39 is 22.6 Å². The molecule has 194 valence electrons. The first-order valence-electron chi connectivity index (χ1n) is 12.4. The number of methoxy groups -OCH3 is 1. The fourth-order valence-corrected chi connectivity index (χ4v) is 4.60. The maximum Gasteiger partial charge on any atom is 0.247 e. The second-order valence-electron chi connectivity index (χ2n) is 11.9. The van der Waals surface area contributed by atoms with Gasteiger partial charge in [-0.1, -0.05) is 45.8 Å². The molecule has 0 saturated carbocycles. The molecular weight excluding hydrogens is 416 g/mol. The maximum atomic E-state index is 13.2. The first kappa shape index (κ1) is 31.6. The van der Waals surface area contributed by atoms with Crippen LogP contribution in [0.2, 0.25) is 0 Å². The molecule has 2 atom stereocenters. The third kappa shape index (κ3) is 12.6. The van der Waals surface area contributed by atoms with Crippen molar-refractivity contribution < 1.29 is 19.1 Å². The molecule has 2 N–H and O–H groups in total. The Morgan fingerprint density at radius 3 is 2.03 bits per heavy atom. The van der Waals surface area contributed by atoms with Gasteiger partial charge in [0, 0.05) is 18.1 Å². The van der Waals surface area contributed by atoms with Gasteiger partial charge in [-0.25, -0.2) is 0 Å². The zero-order valence-electron chi connectivity index (χ0n) is 23.5. The van der Waals surface area contributed by atoms with Crippen LogP contribution in [0.5, 0.6) is 0 Å². The van der Waals surface area contributed by atoms with Gasteiger partial charge in [0.1, 0.15) is 6.04 Å². The molecule has 6 heteroatoms. The van der Waals surface area contributed by atoms with Crippen LogP contribution in [0.1, 0.15) is 108 Å². The average Bonchev–Trinajstić information content (AvgIpc) is 2.63. The topological polar surface area (TPSA) is 76.7 Å². The van der Waals surface area contributed by atoms with Gasteiger partial charge in [0.25, 0.3) is 0 Å². The molecule has 0 spiro atoms. The quantitative estimate of drug-likeness (QED) is 0.309. The summed E-state index contributed by atoms with van der Waals surface area (Å²) in [5.41, 5.74) is -2.04. The highest BCUT2D eigenvalue weighted by atomic mass is 16.5. The van der Waals surface area contributed by atoms with Crippen LogP contribution in [-0.4, -0.2) is 47.8 Å². The van der Waals surface area contributed by atoms with Crippen LogP contribution in [0.15, 0.2) is 12.2 Å². The Morgan fingerprint density at radius 2 is 1.55 bits per heavy atom. The molecule has 33 heavy (non-hydrogen) atoms. The van der Waals surface area contributed by atoms with Crippen molar-refractivity contribution in [1.29, 1.82) is 0 Å². The van der Waals surface area contributed by atoms with Crippen LogP contribution in [0.3, 0.4) is 0 Å². The van der Waals surface area contributed by atoms with E-state index in [0.29, 0.717) is 12.8 Å². The highest BCUT2D eigenvalue weighted by molar-refractivity contribution is 5.91. The molecule has 0 aromatic carbocycles. The van der Waals surface area contributed by atoms with E-state index in [1.807, 2.05) is 62.3 Å². The summed E-state index contributed by atoms with van der Waals surface area (Å²) >= 11 is 0. The first-order chi connectivity index (χ1) is 14.9. The predicted octanol–water partition coefficient (Wildman–Crippen LogP) is 5.55. The molecule has 0 fully saturated rings. The summed E-state index contributed by atoms with van der Waals surface area (Å²) in [5.74, 6) is -0.411. The van der Waals surface area contributed by atoms with Crippen molar-refractivity contribution in [3.8, 4) is 0 Å². The molecule has 0 heterocycles. The van der Waals surface area contributed by atoms with Crippen molar-refractivity contribution in [1.82, 2.24) is 10.6 Å². The van der Waals surface area contributed by atoms with Crippen molar-refractivity contribution in [2.24, 2.45) is 5.41 Å². The number of unbranched alkanes of at least 4 members (excludes halogenated alkanes) is 1. The summed E-state index contributed by atoms with van der Waals surface area (Å²) in [6.07, 6.45) is 8.08. The number of hydrogen-bond acceptors (Lipinski definition) is 4. The summed E-state index contributed by atoms with van der Waals surface area (Å²) in [7, 11) is 1.67. The number of amides is 2. The average molecular weight is 469 g/mol. The Hall–Kier alpha value is -1.40. The molecule has 0 rings (SSSR count). The molecule has 2 unspecified atom stereocenters. The molecule has 0 aromatic rings. The molecule has 0 radical (unpaired) electrons. The van der Waals surface area contributed by atoms with E-state index in [0.717, 1.165) is 19.3 Å². The number of nitrogens with one attached hydrogen (secondary N) is 2. The van der Waals surface area contributed by atoms with Crippen molar-refractivity contribution in [3.05, 3.63) is 12.2 Å². The highest BCUT2D eigenvalue weighted by Gasteiger charge is 2.38. The standard InChI is InChI=1S/C27H52N2O4/c1-13-15-17-20(3)33-27(10,11)18-24(4,5)23(31)28-21(16-14-2)22(30)29-25(6,7)19-26(8,9)32-12/h14,16,20-21H,13,15,17-19H2,1-12H3,(H,28,31)(H,29,30). The lowest BCUT2D eigenvalue weighted by atomic mass is 9.80. The fraction of sp³-hybridized carbons (Fsp3) is 0.852. The largest absolute Gasteiger partial charge is 0.379 e. The molecule has 0 bridgehead atoms. The highest BCUT2D eigenvalue weighted by Crippen LogP contribution is 2.32. The number of ether oxygens (including phenoxy) is 2. The molecule has 2 amide bonds. The summed E-state index contributed by atoms with van der Waals surface area (Å²) in [6.45, 7) is 21.9. The molecule has 0 aliphatic carbocycles. The van der Waals surface area contributed by atoms with Gasteiger partial charge in [0.15, 0.2) is 0 Å². The number of rotatable bonds is 15. The number of allylic oxidation sites excluding steroid dienone is 1. The smallest absolute Gasteiger partial charge is 0.247 e. The zero-order chi connectivity index (χ0) is 26.1. The van der Waals surface area contributed by atoms with Gasteiger partial charge >= 0.3 is 0 Å². The lowest BCUT2D eigenvalue weighted by molar-refractivity contribution is -0.140. The van der Waals surface area contributed by atoms with E-state index >= 15 is 0 Å². The van der Waals surface area contributed by atoms with Gasteiger partial charge in [-0.2, -0.15) is 0 Å². The minimum Gasteiger partial charge on any atom is -0.379 e. The Morgan fingerprint density at radius 1 is 0.970 bits per heavy atom. The number of carbonyl (C=O) groups excluding carboxylic acids is 2. The Labute approximate surface area is 203 Å². The van der Waals surface area contributed by atoms with Crippen LogP contribution >= 0.6 is 0 Å². The third-order valence-corrected chi connectivity index (χ3v) is 5.80. The van der Waals surface area contributed by atoms with E-state index in [4.69, 9.17) is 9.47 Å². The molecule has 6 nitrogen and oxygen atoms in total. The molecular formula is C27H52N2O4. The predicted molar refractivity (Wildman–Crippen MR) is 137 cm³/mol. The van der Waals surface area contributed by atoms with Crippen LogP contribution in [0, 0.1) is 5.41 Å². The first-order valence-corrected chi connectivity index (χ1v) is 12.4. The van der Waals surface area contributed by atoms with Crippen LogP contribution in [0.4, 0.5) is 0 Å².